The zero-order valence-corrected chi connectivity index (χ0v) is 12.1. The second kappa shape index (κ2) is 5.40. The van der Waals surface area contributed by atoms with E-state index in [1.54, 1.807) is 17.1 Å². The number of anilines is 1. The first-order valence-corrected chi connectivity index (χ1v) is 6.38. The van der Waals surface area contributed by atoms with Gasteiger partial charge in [0.15, 0.2) is 0 Å². The second-order valence-electron chi connectivity index (χ2n) is 4.09. The van der Waals surface area contributed by atoms with E-state index < -0.39 is 5.97 Å². The van der Waals surface area contributed by atoms with Crippen molar-refractivity contribution in [1.82, 2.24) is 14.8 Å². The Kier molecular flexibility index (Phi) is 3.84. The van der Waals surface area contributed by atoms with E-state index in [1.807, 2.05) is 14.0 Å². The predicted octanol–water partition coefficient (Wildman–Crippen LogP) is 2.20. The van der Waals surface area contributed by atoms with Crippen molar-refractivity contribution in [2.45, 2.75) is 13.5 Å². The molecule has 0 aromatic carbocycles. The zero-order chi connectivity index (χ0) is 14.0. The molecule has 6 nitrogen and oxygen atoms in total. The van der Waals surface area contributed by atoms with E-state index in [0.717, 1.165) is 11.3 Å². The summed E-state index contributed by atoms with van der Waals surface area (Å²) in [6.45, 7) is 2.44. The van der Waals surface area contributed by atoms with Crippen molar-refractivity contribution >= 4 is 27.7 Å². The van der Waals surface area contributed by atoms with E-state index in [2.05, 4.69) is 31.3 Å². The summed E-state index contributed by atoms with van der Waals surface area (Å²) in [5, 5.41) is 16.3. The first-order chi connectivity index (χ1) is 8.99. The predicted molar refractivity (Wildman–Crippen MR) is 74.2 cm³/mol. The van der Waals surface area contributed by atoms with Gasteiger partial charge in [-0.1, -0.05) is 0 Å². The van der Waals surface area contributed by atoms with Crippen molar-refractivity contribution in [3.8, 4) is 0 Å². The van der Waals surface area contributed by atoms with E-state index >= 15 is 0 Å². The van der Waals surface area contributed by atoms with Gasteiger partial charge in [0.1, 0.15) is 11.4 Å². The number of rotatable bonds is 4. The quantitative estimate of drug-likeness (QED) is 0.901. The van der Waals surface area contributed by atoms with E-state index in [1.165, 1.54) is 6.07 Å². The number of carboxylic acids is 1. The molecule has 0 unspecified atom stereocenters. The van der Waals surface area contributed by atoms with Crippen LogP contribution in [0.4, 0.5) is 5.82 Å². The third-order valence-electron chi connectivity index (χ3n) is 2.87. The molecule has 2 aromatic heterocycles. The minimum atomic E-state index is -1.01. The molecule has 0 saturated heterocycles. The highest BCUT2D eigenvalue weighted by atomic mass is 79.9. The minimum Gasteiger partial charge on any atom is -0.478 e. The SMILES string of the molecule is Cc1c(CNc2ncc(Br)cc2C(=O)O)cnn1C. The number of carbonyl (C=O) groups is 1. The van der Waals surface area contributed by atoms with E-state index in [4.69, 9.17) is 5.11 Å². The van der Waals surface area contributed by atoms with Gasteiger partial charge in [0, 0.05) is 35.5 Å². The fraction of sp³-hybridized carbons (Fsp3) is 0.250. The molecular formula is C12H13BrN4O2. The lowest BCUT2D eigenvalue weighted by Crippen LogP contribution is -2.09. The molecule has 0 fully saturated rings. The van der Waals surface area contributed by atoms with Gasteiger partial charge in [0.05, 0.1) is 6.20 Å². The van der Waals surface area contributed by atoms with Crippen LogP contribution in [0, 0.1) is 6.92 Å². The van der Waals surface area contributed by atoms with E-state index in [-0.39, 0.29) is 5.56 Å². The largest absolute Gasteiger partial charge is 0.478 e. The van der Waals surface area contributed by atoms with Crippen molar-refractivity contribution in [3.05, 3.63) is 39.8 Å². The summed E-state index contributed by atoms with van der Waals surface area (Å²) >= 11 is 3.21. The summed E-state index contributed by atoms with van der Waals surface area (Å²) in [6, 6.07) is 1.52. The average Bonchev–Trinajstić information content (AvgIpc) is 2.68. The van der Waals surface area contributed by atoms with E-state index in [0.29, 0.717) is 16.8 Å². The summed E-state index contributed by atoms with van der Waals surface area (Å²) in [5.41, 5.74) is 2.17. The number of halogens is 1. The topological polar surface area (TPSA) is 80.0 Å². The second-order valence-corrected chi connectivity index (χ2v) is 5.00. The van der Waals surface area contributed by atoms with Gasteiger partial charge in [-0.25, -0.2) is 9.78 Å². The molecule has 2 aromatic rings. The van der Waals surface area contributed by atoms with Crippen molar-refractivity contribution in [3.63, 3.8) is 0 Å². The number of aromatic carboxylic acids is 1. The molecule has 0 spiro atoms. The first kappa shape index (κ1) is 13.5. The third kappa shape index (κ3) is 2.93. The molecule has 2 N–H and O–H groups in total. The van der Waals surface area contributed by atoms with Gasteiger partial charge in [-0.2, -0.15) is 5.10 Å². The van der Waals surface area contributed by atoms with Crippen LogP contribution in [0.15, 0.2) is 22.9 Å². The molecule has 0 amide bonds. The van der Waals surface area contributed by atoms with Gasteiger partial charge in [-0.05, 0) is 28.9 Å². The Balaban J connectivity index is 2.20. The molecule has 0 aliphatic carbocycles. The third-order valence-corrected chi connectivity index (χ3v) is 3.30. The Bertz CT molecular complexity index is 624. The summed E-state index contributed by atoms with van der Waals surface area (Å²) < 4.78 is 2.40. The molecule has 0 atom stereocenters. The fourth-order valence-electron chi connectivity index (χ4n) is 1.64. The molecule has 0 aliphatic rings. The highest BCUT2D eigenvalue weighted by molar-refractivity contribution is 9.10. The van der Waals surface area contributed by atoms with Crippen LogP contribution in [0.5, 0.6) is 0 Å². The Labute approximate surface area is 118 Å². The maximum Gasteiger partial charge on any atom is 0.339 e. The van der Waals surface area contributed by atoms with Crippen LogP contribution in [0.25, 0.3) is 0 Å². The Hall–Kier alpha value is -1.89. The molecule has 7 heteroatoms. The lowest BCUT2D eigenvalue weighted by atomic mass is 10.2. The maximum absolute atomic E-state index is 11.1. The van der Waals surface area contributed by atoms with Crippen LogP contribution in [0.3, 0.4) is 0 Å². The first-order valence-electron chi connectivity index (χ1n) is 5.59. The normalized spacial score (nSPS) is 10.5. The number of hydrogen-bond donors (Lipinski definition) is 2. The average molecular weight is 325 g/mol. The summed E-state index contributed by atoms with van der Waals surface area (Å²) in [4.78, 5) is 15.2. The van der Waals surface area contributed by atoms with Crippen molar-refractivity contribution < 1.29 is 9.90 Å². The summed E-state index contributed by atoms with van der Waals surface area (Å²) in [5.74, 6) is -0.668. The maximum atomic E-state index is 11.1. The van der Waals surface area contributed by atoms with Crippen LogP contribution < -0.4 is 5.32 Å². The highest BCUT2D eigenvalue weighted by Crippen LogP contribution is 2.19. The smallest absolute Gasteiger partial charge is 0.339 e. The van der Waals surface area contributed by atoms with Crippen molar-refractivity contribution in [2.75, 3.05) is 5.32 Å². The van der Waals surface area contributed by atoms with Crippen LogP contribution >= 0.6 is 15.9 Å². The number of aryl methyl sites for hydroxylation is 1. The van der Waals surface area contributed by atoms with E-state index in [9.17, 15) is 4.79 Å². The van der Waals surface area contributed by atoms with Crippen molar-refractivity contribution in [1.29, 1.82) is 0 Å². The molecule has 0 saturated carbocycles. The number of carboxylic acid groups (broad SMARTS) is 1. The zero-order valence-electron chi connectivity index (χ0n) is 10.5. The molecule has 0 aliphatic heterocycles. The monoisotopic (exact) mass is 324 g/mol. The highest BCUT2D eigenvalue weighted by Gasteiger charge is 2.12. The molecular weight excluding hydrogens is 312 g/mol. The van der Waals surface area contributed by atoms with Crippen molar-refractivity contribution in [2.24, 2.45) is 7.05 Å². The number of aromatic nitrogens is 3. The summed E-state index contributed by atoms with van der Waals surface area (Å²) in [7, 11) is 1.86. The molecule has 2 heterocycles. The fourth-order valence-corrected chi connectivity index (χ4v) is 1.97. The summed E-state index contributed by atoms with van der Waals surface area (Å²) in [6.07, 6.45) is 3.31. The molecule has 100 valence electrons. The number of nitrogens with zero attached hydrogens (tertiary/aromatic N) is 3. The van der Waals surface area contributed by atoms with Gasteiger partial charge >= 0.3 is 5.97 Å². The van der Waals surface area contributed by atoms with Gasteiger partial charge in [-0.3, -0.25) is 4.68 Å². The number of nitrogens with one attached hydrogen (secondary N) is 1. The Morgan fingerprint density at radius 1 is 1.53 bits per heavy atom. The Morgan fingerprint density at radius 3 is 2.84 bits per heavy atom. The molecule has 0 radical (unpaired) electrons. The van der Waals surface area contributed by atoms with Crippen LogP contribution in [-0.4, -0.2) is 25.8 Å². The standard InChI is InChI=1S/C12H13BrN4O2/c1-7-8(5-16-17(7)2)4-14-11-10(12(18)19)3-9(13)6-15-11/h3,5-6H,4H2,1-2H3,(H,14,15)(H,18,19). The van der Waals surface area contributed by atoms with Gasteiger partial charge in [-0.15, -0.1) is 0 Å². The number of hydrogen-bond acceptors (Lipinski definition) is 4. The lowest BCUT2D eigenvalue weighted by molar-refractivity contribution is 0.0697. The van der Waals surface area contributed by atoms with Crippen LogP contribution in [0.2, 0.25) is 0 Å². The Morgan fingerprint density at radius 2 is 2.26 bits per heavy atom. The van der Waals surface area contributed by atoms with Crippen LogP contribution in [-0.2, 0) is 13.6 Å². The van der Waals surface area contributed by atoms with Crippen LogP contribution in [0.1, 0.15) is 21.6 Å². The molecule has 0 bridgehead atoms. The lowest BCUT2D eigenvalue weighted by Gasteiger charge is -2.08. The number of pyridine rings is 1. The van der Waals surface area contributed by atoms with Gasteiger partial charge in [0.25, 0.3) is 0 Å². The van der Waals surface area contributed by atoms with Gasteiger partial charge in [0.2, 0.25) is 0 Å². The molecule has 2 rings (SSSR count). The minimum absolute atomic E-state index is 0.135. The molecule has 19 heavy (non-hydrogen) atoms. The van der Waals surface area contributed by atoms with Gasteiger partial charge < -0.3 is 10.4 Å².